The van der Waals surface area contributed by atoms with Gasteiger partial charge in [-0.2, -0.15) is 9.61 Å². The number of nitrogens with zero attached hydrogens (tertiary/aromatic N) is 3. The highest BCUT2D eigenvalue weighted by Crippen LogP contribution is 2.23. The highest BCUT2D eigenvalue weighted by atomic mass is 16.4. The fraction of sp³-hybridized carbons (Fsp3) is 0.364. The standard InChI is InChI=1S/C11H14N4O2/c1-11(2,3)7-4-8(12)15-9(14-7)6(5-13-15)10(16)17/h4-5H,12H2,1-3H3,(H,16,17). The number of fused-ring (bicyclic) bond motifs is 1. The van der Waals surface area contributed by atoms with Gasteiger partial charge >= 0.3 is 5.97 Å². The molecule has 0 fully saturated rings. The molecule has 6 heteroatoms. The van der Waals surface area contributed by atoms with E-state index in [4.69, 9.17) is 10.8 Å². The zero-order valence-corrected chi connectivity index (χ0v) is 9.93. The smallest absolute Gasteiger partial charge is 0.341 e. The van der Waals surface area contributed by atoms with E-state index >= 15 is 0 Å². The SMILES string of the molecule is CC(C)(C)c1cc(N)n2ncc(C(=O)O)c2n1. The van der Waals surface area contributed by atoms with E-state index in [-0.39, 0.29) is 16.6 Å². The van der Waals surface area contributed by atoms with E-state index in [0.29, 0.717) is 5.82 Å². The van der Waals surface area contributed by atoms with Crippen LogP contribution in [0.5, 0.6) is 0 Å². The van der Waals surface area contributed by atoms with Crippen molar-refractivity contribution in [1.29, 1.82) is 0 Å². The van der Waals surface area contributed by atoms with Crippen LogP contribution in [0.25, 0.3) is 5.65 Å². The largest absolute Gasteiger partial charge is 0.477 e. The topological polar surface area (TPSA) is 93.5 Å². The number of nitrogens with two attached hydrogens (primary N) is 1. The van der Waals surface area contributed by atoms with Crippen LogP contribution in [0.1, 0.15) is 36.8 Å². The zero-order valence-electron chi connectivity index (χ0n) is 9.93. The number of rotatable bonds is 1. The number of hydrogen-bond acceptors (Lipinski definition) is 4. The molecular weight excluding hydrogens is 220 g/mol. The molecule has 2 heterocycles. The number of hydrogen-bond donors (Lipinski definition) is 2. The monoisotopic (exact) mass is 234 g/mol. The molecule has 90 valence electrons. The predicted molar refractivity (Wildman–Crippen MR) is 63.1 cm³/mol. The van der Waals surface area contributed by atoms with Crippen LogP contribution in [0.2, 0.25) is 0 Å². The van der Waals surface area contributed by atoms with Gasteiger partial charge in [-0.25, -0.2) is 9.78 Å². The third-order valence-corrected chi connectivity index (χ3v) is 2.50. The maximum absolute atomic E-state index is 11.0. The van der Waals surface area contributed by atoms with Gasteiger partial charge in [0.1, 0.15) is 11.4 Å². The Morgan fingerprint density at radius 1 is 1.47 bits per heavy atom. The lowest BCUT2D eigenvalue weighted by Gasteiger charge is -2.18. The van der Waals surface area contributed by atoms with Crippen LogP contribution in [0.4, 0.5) is 5.82 Å². The van der Waals surface area contributed by atoms with Crippen molar-refractivity contribution in [2.75, 3.05) is 5.73 Å². The second kappa shape index (κ2) is 3.44. The van der Waals surface area contributed by atoms with Crippen LogP contribution in [-0.4, -0.2) is 25.7 Å². The van der Waals surface area contributed by atoms with Gasteiger partial charge in [0.25, 0.3) is 0 Å². The number of aromatic nitrogens is 3. The molecule has 3 N–H and O–H groups in total. The molecule has 0 radical (unpaired) electrons. The number of carbonyl (C=O) groups is 1. The van der Waals surface area contributed by atoms with Crippen LogP contribution >= 0.6 is 0 Å². The maximum Gasteiger partial charge on any atom is 0.341 e. The number of nitrogen functional groups attached to an aromatic ring is 1. The number of carboxylic acid groups (broad SMARTS) is 1. The molecule has 17 heavy (non-hydrogen) atoms. The number of carboxylic acids is 1. The fourth-order valence-corrected chi connectivity index (χ4v) is 1.52. The predicted octanol–water partition coefficient (Wildman–Crippen LogP) is 1.31. The van der Waals surface area contributed by atoms with Gasteiger partial charge in [0.2, 0.25) is 0 Å². The third kappa shape index (κ3) is 1.82. The molecule has 2 aromatic rings. The number of anilines is 1. The summed E-state index contributed by atoms with van der Waals surface area (Å²) in [4.78, 5) is 15.3. The van der Waals surface area contributed by atoms with Crippen molar-refractivity contribution in [3.8, 4) is 0 Å². The van der Waals surface area contributed by atoms with E-state index in [0.717, 1.165) is 5.69 Å². The first kappa shape index (κ1) is 11.4. The first-order valence-electron chi connectivity index (χ1n) is 5.19. The summed E-state index contributed by atoms with van der Waals surface area (Å²) in [6.07, 6.45) is 1.26. The normalized spacial score (nSPS) is 11.9. The average molecular weight is 234 g/mol. The van der Waals surface area contributed by atoms with Crippen molar-refractivity contribution in [2.45, 2.75) is 26.2 Å². The average Bonchev–Trinajstić information content (AvgIpc) is 2.60. The Morgan fingerprint density at radius 3 is 2.65 bits per heavy atom. The quantitative estimate of drug-likeness (QED) is 0.775. The summed E-state index contributed by atoms with van der Waals surface area (Å²) in [5.74, 6) is -0.676. The van der Waals surface area contributed by atoms with Crippen LogP contribution in [-0.2, 0) is 5.41 Å². The molecule has 0 unspecified atom stereocenters. The molecule has 0 spiro atoms. The minimum absolute atomic E-state index is 0.0581. The highest BCUT2D eigenvalue weighted by Gasteiger charge is 2.20. The van der Waals surface area contributed by atoms with E-state index in [1.54, 1.807) is 6.07 Å². The lowest BCUT2D eigenvalue weighted by atomic mass is 9.92. The van der Waals surface area contributed by atoms with Gasteiger partial charge in [0.15, 0.2) is 5.65 Å². The van der Waals surface area contributed by atoms with Gasteiger partial charge in [-0.3, -0.25) is 0 Å². The van der Waals surface area contributed by atoms with Crippen molar-refractivity contribution in [2.24, 2.45) is 0 Å². The Bertz CT molecular complexity index is 595. The van der Waals surface area contributed by atoms with Crippen molar-refractivity contribution in [3.05, 3.63) is 23.5 Å². The second-order valence-corrected chi connectivity index (χ2v) is 4.92. The minimum atomic E-state index is -1.06. The van der Waals surface area contributed by atoms with Gasteiger partial charge in [-0.1, -0.05) is 20.8 Å². The lowest BCUT2D eigenvalue weighted by molar-refractivity contribution is 0.0698. The van der Waals surface area contributed by atoms with Crippen LogP contribution in [0.15, 0.2) is 12.3 Å². The first-order chi connectivity index (χ1) is 7.80. The van der Waals surface area contributed by atoms with Gasteiger partial charge < -0.3 is 10.8 Å². The highest BCUT2D eigenvalue weighted by molar-refractivity contribution is 5.94. The molecule has 0 saturated heterocycles. The molecule has 0 aliphatic rings. The Labute approximate surface area is 98.1 Å². The third-order valence-electron chi connectivity index (χ3n) is 2.50. The van der Waals surface area contributed by atoms with Crippen molar-refractivity contribution < 1.29 is 9.90 Å². The Kier molecular flexibility index (Phi) is 2.30. The maximum atomic E-state index is 11.0. The minimum Gasteiger partial charge on any atom is -0.477 e. The Hall–Kier alpha value is -2.11. The van der Waals surface area contributed by atoms with Gasteiger partial charge in [-0.15, -0.1) is 0 Å². The fourth-order valence-electron chi connectivity index (χ4n) is 1.52. The van der Waals surface area contributed by atoms with E-state index < -0.39 is 5.97 Å². The molecule has 0 saturated carbocycles. The zero-order chi connectivity index (χ0) is 12.8. The summed E-state index contributed by atoms with van der Waals surface area (Å²) in [7, 11) is 0. The summed E-state index contributed by atoms with van der Waals surface area (Å²) in [6.45, 7) is 5.96. The summed E-state index contributed by atoms with van der Waals surface area (Å²) < 4.78 is 1.33. The summed E-state index contributed by atoms with van der Waals surface area (Å²) in [5.41, 5.74) is 6.72. The van der Waals surface area contributed by atoms with Gasteiger partial charge in [0, 0.05) is 11.5 Å². The molecule has 0 aliphatic carbocycles. The number of aromatic carboxylic acids is 1. The molecule has 0 aliphatic heterocycles. The summed E-state index contributed by atoms with van der Waals surface area (Å²) in [5, 5.41) is 12.9. The van der Waals surface area contributed by atoms with Crippen molar-refractivity contribution in [1.82, 2.24) is 14.6 Å². The van der Waals surface area contributed by atoms with Crippen molar-refractivity contribution >= 4 is 17.4 Å². The van der Waals surface area contributed by atoms with Crippen LogP contribution < -0.4 is 5.73 Å². The molecule has 0 amide bonds. The van der Waals surface area contributed by atoms with E-state index in [1.165, 1.54) is 10.7 Å². The van der Waals surface area contributed by atoms with E-state index in [2.05, 4.69) is 10.1 Å². The molecule has 0 aromatic carbocycles. The summed E-state index contributed by atoms with van der Waals surface area (Å²) in [6, 6.07) is 1.71. The van der Waals surface area contributed by atoms with Crippen LogP contribution in [0, 0.1) is 0 Å². The molecule has 6 nitrogen and oxygen atoms in total. The van der Waals surface area contributed by atoms with Gasteiger partial charge in [0.05, 0.1) is 11.9 Å². The Balaban J connectivity index is 2.78. The molecule has 0 atom stereocenters. The molecule has 2 rings (SSSR count). The van der Waals surface area contributed by atoms with Gasteiger partial charge in [-0.05, 0) is 0 Å². The summed E-state index contributed by atoms with van der Waals surface area (Å²) >= 11 is 0. The second-order valence-electron chi connectivity index (χ2n) is 4.92. The van der Waals surface area contributed by atoms with Crippen molar-refractivity contribution in [3.63, 3.8) is 0 Å². The Morgan fingerprint density at radius 2 is 2.12 bits per heavy atom. The van der Waals surface area contributed by atoms with Crippen LogP contribution in [0.3, 0.4) is 0 Å². The molecular formula is C11H14N4O2. The molecule has 2 aromatic heterocycles. The van der Waals surface area contributed by atoms with E-state index in [1.807, 2.05) is 20.8 Å². The lowest BCUT2D eigenvalue weighted by Crippen LogP contribution is -2.16. The molecule has 0 bridgehead atoms. The van der Waals surface area contributed by atoms with E-state index in [9.17, 15) is 4.79 Å². The first-order valence-corrected chi connectivity index (χ1v) is 5.19.